The average Bonchev–Trinajstić information content (AvgIpc) is 2.82. The average molecular weight is 294 g/mol. The molecule has 3 nitrogen and oxygen atoms in total. The lowest BCUT2D eigenvalue weighted by molar-refractivity contribution is 0.854. The fraction of sp³-hybridized carbons (Fsp3) is 0.118. The molecule has 0 amide bonds. The predicted octanol–water partition coefficient (Wildman–Crippen LogP) is 2.42. The molecule has 3 rings (SSSR count). The molecule has 0 spiro atoms. The normalized spacial score (nSPS) is 10.3. The fourth-order valence-corrected chi connectivity index (χ4v) is 3.21. The van der Waals surface area contributed by atoms with E-state index in [0.717, 1.165) is 21.2 Å². The highest BCUT2D eigenvalue weighted by Gasteiger charge is 2.07. The summed E-state index contributed by atoms with van der Waals surface area (Å²) < 4.78 is 2.79. The van der Waals surface area contributed by atoms with Gasteiger partial charge in [-0.2, -0.15) is 0 Å². The molecule has 0 aliphatic heterocycles. The van der Waals surface area contributed by atoms with Crippen molar-refractivity contribution in [3.63, 3.8) is 0 Å². The van der Waals surface area contributed by atoms with Crippen LogP contribution in [0.25, 0.3) is 10.1 Å². The smallest absolute Gasteiger partial charge is 0.268 e. The van der Waals surface area contributed by atoms with E-state index in [0.29, 0.717) is 13.1 Å². The summed E-state index contributed by atoms with van der Waals surface area (Å²) in [6.45, 7) is 0.913. The van der Waals surface area contributed by atoms with Crippen molar-refractivity contribution in [2.75, 3.05) is 6.54 Å². The topological polar surface area (TPSA) is 48.0 Å². The summed E-state index contributed by atoms with van der Waals surface area (Å²) >= 11 is 1.49. The first-order valence-corrected chi connectivity index (χ1v) is 7.42. The summed E-state index contributed by atoms with van der Waals surface area (Å²) in [5, 5.41) is 0.779. The second-order valence-corrected chi connectivity index (χ2v) is 5.70. The van der Waals surface area contributed by atoms with E-state index in [2.05, 4.69) is 11.8 Å². The van der Waals surface area contributed by atoms with Gasteiger partial charge in [-0.3, -0.25) is 8.75 Å². The Balaban J connectivity index is 1.95. The molecule has 0 atom stereocenters. The molecule has 3 aromatic rings. The van der Waals surface area contributed by atoms with E-state index in [-0.39, 0.29) is 5.56 Å². The van der Waals surface area contributed by atoms with Crippen molar-refractivity contribution in [2.45, 2.75) is 6.54 Å². The molecular weight excluding hydrogens is 280 g/mol. The van der Waals surface area contributed by atoms with E-state index in [1.807, 2.05) is 48.5 Å². The van der Waals surface area contributed by atoms with Gasteiger partial charge in [0.1, 0.15) is 0 Å². The van der Waals surface area contributed by atoms with Gasteiger partial charge in [-0.05, 0) is 29.8 Å². The lowest BCUT2D eigenvalue weighted by Crippen LogP contribution is -2.13. The summed E-state index contributed by atoms with van der Waals surface area (Å²) in [7, 11) is 0. The van der Waals surface area contributed by atoms with Crippen LogP contribution in [-0.2, 0) is 6.54 Å². The zero-order valence-corrected chi connectivity index (χ0v) is 12.2. The van der Waals surface area contributed by atoms with Gasteiger partial charge in [0.25, 0.3) is 5.56 Å². The Morgan fingerprint density at radius 2 is 2.00 bits per heavy atom. The van der Waals surface area contributed by atoms with Crippen LogP contribution in [0, 0.1) is 11.8 Å². The van der Waals surface area contributed by atoms with Crippen LogP contribution in [0.4, 0.5) is 0 Å². The Kier molecular flexibility index (Phi) is 3.87. The highest BCUT2D eigenvalue weighted by molar-refractivity contribution is 7.13. The van der Waals surface area contributed by atoms with Gasteiger partial charge in [0.05, 0.1) is 23.2 Å². The molecule has 0 radical (unpaired) electrons. The van der Waals surface area contributed by atoms with E-state index in [9.17, 15) is 4.79 Å². The van der Waals surface area contributed by atoms with Gasteiger partial charge in [-0.1, -0.05) is 47.6 Å². The monoisotopic (exact) mass is 294 g/mol. The van der Waals surface area contributed by atoms with Crippen molar-refractivity contribution < 1.29 is 0 Å². The Bertz CT molecular complexity index is 896. The molecular formula is C17H14N2OS. The summed E-state index contributed by atoms with van der Waals surface area (Å²) in [6, 6.07) is 15.6. The number of benzene rings is 2. The number of hydrogen-bond acceptors (Lipinski definition) is 3. The molecule has 2 N–H and O–H groups in total. The van der Waals surface area contributed by atoms with Crippen molar-refractivity contribution in [1.82, 2.24) is 3.96 Å². The summed E-state index contributed by atoms with van der Waals surface area (Å²) in [4.78, 5) is 12.3. The van der Waals surface area contributed by atoms with Gasteiger partial charge in [0, 0.05) is 5.56 Å². The zero-order chi connectivity index (χ0) is 14.7. The number of aromatic nitrogens is 1. The first kappa shape index (κ1) is 13.6. The first-order chi connectivity index (χ1) is 10.3. The number of hydrogen-bond donors (Lipinski definition) is 1. The third kappa shape index (κ3) is 2.89. The van der Waals surface area contributed by atoms with Crippen LogP contribution in [0.1, 0.15) is 11.1 Å². The highest BCUT2D eigenvalue weighted by atomic mass is 32.1. The van der Waals surface area contributed by atoms with E-state index in [4.69, 9.17) is 5.73 Å². The van der Waals surface area contributed by atoms with Gasteiger partial charge in [0.2, 0.25) is 0 Å². The lowest BCUT2D eigenvalue weighted by Gasteiger charge is -2.01. The maximum absolute atomic E-state index is 12.3. The van der Waals surface area contributed by atoms with Gasteiger partial charge >= 0.3 is 0 Å². The van der Waals surface area contributed by atoms with Gasteiger partial charge in [-0.25, -0.2) is 0 Å². The summed E-state index contributed by atoms with van der Waals surface area (Å²) in [5.74, 6) is 5.85. The Hall–Kier alpha value is -2.35. The second kappa shape index (κ2) is 5.96. The largest absolute Gasteiger partial charge is 0.320 e. The van der Waals surface area contributed by atoms with Gasteiger partial charge in [-0.15, -0.1) is 0 Å². The molecule has 0 fully saturated rings. The third-order valence-electron chi connectivity index (χ3n) is 3.14. The van der Waals surface area contributed by atoms with Crippen molar-refractivity contribution in [1.29, 1.82) is 0 Å². The predicted molar refractivity (Wildman–Crippen MR) is 87.6 cm³/mol. The molecule has 1 aromatic heterocycles. The molecule has 0 saturated heterocycles. The number of rotatable bonds is 2. The molecule has 0 aliphatic rings. The molecule has 0 unspecified atom stereocenters. The molecule has 4 heteroatoms. The lowest BCUT2D eigenvalue weighted by atomic mass is 10.1. The molecule has 0 aliphatic carbocycles. The third-order valence-corrected chi connectivity index (χ3v) is 4.21. The van der Waals surface area contributed by atoms with Crippen molar-refractivity contribution in [3.05, 3.63) is 70.0 Å². The van der Waals surface area contributed by atoms with Crippen LogP contribution >= 0.6 is 11.5 Å². The molecule has 0 bridgehead atoms. The number of fused-ring (bicyclic) bond motifs is 1. The van der Waals surface area contributed by atoms with E-state index < -0.39 is 0 Å². The van der Waals surface area contributed by atoms with Crippen molar-refractivity contribution in [3.8, 4) is 11.8 Å². The van der Waals surface area contributed by atoms with Crippen LogP contribution in [0.5, 0.6) is 0 Å². The van der Waals surface area contributed by atoms with Crippen LogP contribution in [-0.4, -0.2) is 10.5 Å². The van der Waals surface area contributed by atoms with Crippen molar-refractivity contribution in [2.24, 2.45) is 5.73 Å². The van der Waals surface area contributed by atoms with E-state index in [1.165, 1.54) is 11.5 Å². The minimum Gasteiger partial charge on any atom is -0.320 e. The van der Waals surface area contributed by atoms with Gasteiger partial charge < -0.3 is 5.73 Å². The molecule has 21 heavy (non-hydrogen) atoms. The van der Waals surface area contributed by atoms with Crippen molar-refractivity contribution >= 4 is 21.6 Å². The number of nitrogens with zero attached hydrogens (tertiary/aromatic N) is 1. The maximum Gasteiger partial charge on any atom is 0.268 e. The second-order valence-electron chi connectivity index (χ2n) is 4.64. The Morgan fingerprint density at radius 3 is 2.81 bits per heavy atom. The van der Waals surface area contributed by atoms with E-state index >= 15 is 0 Å². The van der Waals surface area contributed by atoms with Crippen LogP contribution in [0.3, 0.4) is 0 Å². The SMILES string of the molecule is NCC#Cc1cccc(Cn2sc3ccccc3c2=O)c1. The molecule has 104 valence electrons. The summed E-state index contributed by atoms with van der Waals surface area (Å²) in [6.07, 6.45) is 0. The molecule has 2 aromatic carbocycles. The molecule has 1 heterocycles. The maximum atomic E-state index is 12.3. The highest BCUT2D eigenvalue weighted by Crippen LogP contribution is 2.17. The quantitative estimate of drug-likeness (QED) is 0.738. The van der Waals surface area contributed by atoms with Crippen LogP contribution in [0.2, 0.25) is 0 Å². The number of nitrogens with two attached hydrogens (primary N) is 1. The Labute approximate surface area is 126 Å². The minimum absolute atomic E-state index is 0.0639. The van der Waals surface area contributed by atoms with Crippen LogP contribution in [0.15, 0.2) is 53.3 Å². The standard InChI is InChI=1S/C17H14N2OS/c18-10-4-7-13-5-3-6-14(11-13)12-19-17(20)15-8-1-2-9-16(15)21-19/h1-3,5-6,8-9,11H,10,12,18H2. The molecule has 0 saturated carbocycles. The van der Waals surface area contributed by atoms with Gasteiger partial charge in [0.15, 0.2) is 0 Å². The van der Waals surface area contributed by atoms with Crippen LogP contribution < -0.4 is 11.3 Å². The zero-order valence-electron chi connectivity index (χ0n) is 11.4. The first-order valence-electron chi connectivity index (χ1n) is 6.64. The summed E-state index contributed by atoms with van der Waals surface area (Å²) in [5.41, 5.74) is 7.43. The Morgan fingerprint density at radius 1 is 1.14 bits per heavy atom. The van der Waals surface area contributed by atoms with E-state index in [1.54, 1.807) is 3.96 Å². The minimum atomic E-state index is 0.0639. The fourth-order valence-electron chi connectivity index (χ4n) is 2.19.